The Morgan fingerprint density at radius 1 is 1.28 bits per heavy atom. The highest BCUT2D eigenvalue weighted by Gasteiger charge is 2.26. The molecule has 0 spiro atoms. The second-order valence-corrected chi connectivity index (χ2v) is 5.09. The molecule has 3 nitrogen and oxygen atoms in total. The van der Waals surface area contributed by atoms with Gasteiger partial charge in [-0.3, -0.25) is 0 Å². The average Bonchev–Trinajstić information content (AvgIpc) is 2.73. The van der Waals surface area contributed by atoms with E-state index in [1.807, 2.05) is 0 Å². The van der Waals surface area contributed by atoms with Gasteiger partial charge in [0.1, 0.15) is 0 Å². The molecule has 0 saturated heterocycles. The first kappa shape index (κ1) is 13.5. The fraction of sp³-hybridized carbons (Fsp3) is 0.600. The van der Waals surface area contributed by atoms with E-state index in [1.165, 1.54) is 16.7 Å². The van der Waals surface area contributed by atoms with Crippen LogP contribution in [-0.4, -0.2) is 26.6 Å². The molecule has 1 aliphatic carbocycles. The maximum absolute atomic E-state index is 5.30. The molecule has 0 amide bonds. The summed E-state index contributed by atoms with van der Waals surface area (Å²) in [7, 11) is 3.36. The first-order valence-corrected chi connectivity index (χ1v) is 6.56. The lowest BCUT2D eigenvalue weighted by atomic mass is 10.0. The van der Waals surface area contributed by atoms with E-state index in [2.05, 4.69) is 37.4 Å². The molecule has 1 aromatic carbocycles. The zero-order valence-corrected chi connectivity index (χ0v) is 11.7. The van der Waals surface area contributed by atoms with Crippen molar-refractivity contribution in [1.82, 2.24) is 5.32 Å². The third-order valence-corrected chi connectivity index (χ3v) is 3.72. The summed E-state index contributed by atoms with van der Waals surface area (Å²) in [6, 6.07) is 7.33. The van der Waals surface area contributed by atoms with Gasteiger partial charge < -0.3 is 14.8 Å². The molecule has 0 saturated carbocycles. The third-order valence-electron chi connectivity index (χ3n) is 3.72. The number of aryl methyl sites for hydroxylation is 2. The number of methoxy groups -OCH3 is 2. The summed E-state index contributed by atoms with van der Waals surface area (Å²) in [4.78, 5) is 0. The van der Waals surface area contributed by atoms with Crippen LogP contribution < -0.4 is 5.32 Å². The molecule has 100 valence electrons. The minimum atomic E-state index is -0.196. The summed E-state index contributed by atoms with van der Waals surface area (Å²) >= 11 is 0. The van der Waals surface area contributed by atoms with Crippen LogP contribution in [-0.2, 0) is 15.9 Å². The number of hydrogen-bond donors (Lipinski definition) is 1. The first-order valence-electron chi connectivity index (χ1n) is 6.56. The van der Waals surface area contributed by atoms with Crippen LogP contribution in [0.15, 0.2) is 18.2 Å². The van der Waals surface area contributed by atoms with E-state index in [1.54, 1.807) is 14.2 Å². The number of hydrogen-bond acceptors (Lipinski definition) is 3. The van der Waals surface area contributed by atoms with E-state index in [0.29, 0.717) is 6.04 Å². The predicted octanol–water partition coefficient (Wildman–Crippen LogP) is 2.58. The summed E-state index contributed by atoms with van der Waals surface area (Å²) < 4.78 is 10.6. The van der Waals surface area contributed by atoms with Crippen LogP contribution in [0, 0.1) is 6.92 Å². The van der Waals surface area contributed by atoms with E-state index < -0.39 is 0 Å². The molecule has 0 radical (unpaired) electrons. The molecular formula is C15H23NO2. The molecule has 1 N–H and O–H groups in total. The zero-order chi connectivity index (χ0) is 13.1. The molecule has 0 fully saturated rings. The summed E-state index contributed by atoms with van der Waals surface area (Å²) in [5.74, 6) is 0. The molecular weight excluding hydrogens is 226 g/mol. The molecule has 2 atom stereocenters. The van der Waals surface area contributed by atoms with Gasteiger partial charge in [-0.1, -0.05) is 23.8 Å². The molecule has 1 aliphatic rings. The summed E-state index contributed by atoms with van der Waals surface area (Å²) in [6.07, 6.45) is 2.12. The highest BCUT2D eigenvalue weighted by atomic mass is 16.7. The van der Waals surface area contributed by atoms with Gasteiger partial charge in [-0.2, -0.15) is 0 Å². The van der Waals surface area contributed by atoms with Crippen molar-refractivity contribution in [3.63, 3.8) is 0 Å². The Kier molecular flexibility index (Phi) is 4.38. The van der Waals surface area contributed by atoms with Gasteiger partial charge >= 0.3 is 0 Å². The normalized spacial score (nSPS) is 20.2. The Morgan fingerprint density at radius 2 is 2.00 bits per heavy atom. The predicted molar refractivity (Wildman–Crippen MR) is 72.6 cm³/mol. The standard InChI is InChI=1S/C15H23NO2/c1-10-5-6-12-7-8-14(13(12)9-10)16-11(2)15(17-3)18-4/h5-6,9,11,14-16H,7-8H2,1-4H3. The van der Waals surface area contributed by atoms with Gasteiger partial charge in [-0.25, -0.2) is 0 Å². The minimum Gasteiger partial charge on any atom is -0.354 e. The third kappa shape index (κ3) is 2.74. The lowest BCUT2D eigenvalue weighted by Crippen LogP contribution is -2.41. The molecule has 0 aliphatic heterocycles. The van der Waals surface area contributed by atoms with Crippen LogP contribution in [0.2, 0.25) is 0 Å². The topological polar surface area (TPSA) is 30.5 Å². The molecule has 3 heteroatoms. The highest BCUT2D eigenvalue weighted by Crippen LogP contribution is 2.32. The fourth-order valence-corrected chi connectivity index (χ4v) is 2.80. The molecule has 2 unspecified atom stereocenters. The lowest BCUT2D eigenvalue weighted by molar-refractivity contribution is -0.121. The van der Waals surface area contributed by atoms with Gasteiger partial charge in [-0.15, -0.1) is 0 Å². The fourth-order valence-electron chi connectivity index (χ4n) is 2.80. The van der Waals surface area contributed by atoms with Crippen molar-refractivity contribution < 1.29 is 9.47 Å². The molecule has 0 bridgehead atoms. The Morgan fingerprint density at radius 3 is 2.67 bits per heavy atom. The number of ether oxygens (including phenoxy) is 2. The van der Waals surface area contributed by atoms with Crippen molar-refractivity contribution in [2.75, 3.05) is 14.2 Å². The van der Waals surface area contributed by atoms with Gasteiger partial charge in [0, 0.05) is 20.3 Å². The molecule has 0 heterocycles. The summed E-state index contributed by atoms with van der Waals surface area (Å²) in [5.41, 5.74) is 4.23. The van der Waals surface area contributed by atoms with Crippen LogP contribution in [0.3, 0.4) is 0 Å². The number of benzene rings is 1. The van der Waals surface area contributed by atoms with Crippen molar-refractivity contribution >= 4 is 0 Å². The van der Waals surface area contributed by atoms with E-state index in [0.717, 1.165) is 12.8 Å². The average molecular weight is 249 g/mol. The quantitative estimate of drug-likeness (QED) is 0.814. The van der Waals surface area contributed by atoms with Gasteiger partial charge in [-0.05, 0) is 37.8 Å². The molecule has 1 aromatic rings. The molecule has 2 rings (SSSR count). The van der Waals surface area contributed by atoms with E-state index in [9.17, 15) is 0 Å². The SMILES string of the molecule is COC(OC)C(C)NC1CCc2ccc(C)cc21. The minimum absolute atomic E-state index is 0.177. The van der Waals surface area contributed by atoms with Crippen molar-refractivity contribution in [3.8, 4) is 0 Å². The van der Waals surface area contributed by atoms with Gasteiger partial charge in [0.05, 0.1) is 6.04 Å². The van der Waals surface area contributed by atoms with Gasteiger partial charge in [0.15, 0.2) is 6.29 Å². The first-order chi connectivity index (χ1) is 8.65. The second kappa shape index (κ2) is 5.83. The monoisotopic (exact) mass is 249 g/mol. The smallest absolute Gasteiger partial charge is 0.171 e. The van der Waals surface area contributed by atoms with Crippen molar-refractivity contribution in [1.29, 1.82) is 0 Å². The van der Waals surface area contributed by atoms with Crippen LogP contribution in [0.1, 0.15) is 36.1 Å². The van der Waals surface area contributed by atoms with Crippen molar-refractivity contribution in [2.45, 2.75) is 45.1 Å². The van der Waals surface area contributed by atoms with Crippen molar-refractivity contribution in [3.05, 3.63) is 34.9 Å². The second-order valence-electron chi connectivity index (χ2n) is 5.09. The maximum Gasteiger partial charge on any atom is 0.171 e. The van der Waals surface area contributed by atoms with Crippen LogP contribution in [0.25, 0.3) is 0 Å². The molecule has 0 aromatic heterocycles. The summed E-state index contributed by atoms with van der Waals surface area (Å²) in [5, 5.41) is 3.61. The van der Waals surface area contributed by atoms with E-state index in [-0.39, 0.29) is 12.3 Å². The van der Waals surface area contributed by atoms with Crippen LogP contribution in [0.4, 0.5) is 0 Å². The Bertz CT molecular complexity index is 401. The van der Waals surface area contributed by atoms with E-state index in [4.69, 9.17) is 9.47 Å². The largest absolute Gasteiger partial charge is 0.354 e. The van der Waals surface area contributed by atoms with Gasteiger partial charge in [0.2, 0.25) is 0 Å². The maximum atomic E-state index is 5.30. The highest BCUT2D eigenvalue weighted by molar-refractivity contribution is 5.37. The van der Waals surface area contributed by atoms with Crippen LogP contribution >= 0.6 is 0 Å². The summed E-state index contributed by atoms with van der Waals surface area (Å²) in [6.45, 7) is 4.25. The Balaban J connectivity index is 2.07. The zero-order valence-electron chi connectivity index (χ0n) is 11.7. The van der Waals surface area contributed by atoms with Gasteiger partial charge in [0.25, 0.3) is 0 Å². The Hall–Kier alpha value is -0.900. The van der Waals surface area contributed by atoms with Crippen molar-refractivity contribution in [2.24, 2.45) is 0 Å². The number of fused-ring (bicyclic) bond motifs is 1. The Labute approximate surface area is 109 Å². The molecule has 18 heavy (non-hydrogen) atoms. The number of rotatable bonds is 5. The lowest BCUT2D eigenvalue weighted by Gasteiger charge is -2.26. The van der Waals surface area contributed by atoms with Crippen LogP contribution in [0.5, 0.6) is 0 Å². The number of nitrogens with one attached hydrogen (secondary N) is 1. The van der Waals surface area contributed by atoms with E-state index >= 15 is 0 Å².